The standard InChI is InChI=1S/C16H26N2/c1-2-8-15(17)16-11-6-7-12-18(16)13-14-9-4-3-5-10-14/h3-5,9-10,15-16H,2,6-8,11-13,17H2,1H3. The van der Waals surface area contributed by atoms with Crippen LogP contribution < -0.4 is 5.73 Å². The molecule has 1 heterocycles. The highest BCUT2D eigenvalue weighted by Crippen LogP contribution is 2.22. The lowest BCUT2D eigenvalue weighted by Gasteiger charge is -2.39. The van der Waals surface area contributed by atoms with E-state index >= 15 is 0 Å². The van der Waals surface area contributed by atoms with Gasteiger partial charge in [0.15, 0.2) is 0 Å². The van der Waals surface area contributed by atoms with Gasteiger partial charge in [-0.15, -0.1) is 0 Å². The molecule has 0 aliphatic carbocycles. The van der Waals surface area contributed by atoms with E-state index in [1.165, 1.54) is 37.8 Å². The van der Waals surface area contributed by atoms with Gasteiger partial charge in [0.1, 0.15) is 0 Å². The fourth-order valence-corrected chi connectivity index (χ4v) is 3.04. The van der Waals surface area contributed by atoms with Crippen LogP contribution in [0.5, 0.6) is 0 Å². The van der Waals surface area contributed by atoms with Crippen molar-refractivity contribution in [1.29, 1.82) is 0 Å². The van der Waals surface area contributed by atoms with Gasteiger partial charge in [-0.25, -0.2) is 0 Å². The topological polar surface area (TPSA) is 29.3 Å². The Bertz CT molecular complexity index is 336. The number of hydrogen-bond acceptors (Lipinski definition) is 2. The molecule has 100 valence electrons. The molecule has 1 saturated heterocycles. The van der Waals surface area contributed by atoms with Crippen molar-refractivity contribution in [3.05, 3.63) is 35.9 Å². The number of likely N-dealkylation sites (tertiary alicyclic amines) is 1. The third-order valence-electron chi connectivity index (χ3n) is 4.01. The Hall–Kier alpha value is -0.860. The van der Waals surface area contributed by atoms with E-state index in [1.54, 1.807) is 0 Å². The molecule has 2 rings (SSSR count). The van der Waals surface area contributed by atoms with Crippen molar-refractivity contribution in [2.75, 3.05) is 6.54 Å². The Morgan fingerprint density at radius 3 is 2.78 bits per heavy atom. The van der Waals surface area contributed by atoms with Crippen LogP contribution in [0.3, 0.4) is 0 Å². The second-order valence-electron chi connectivity index (χ2n) is 5.47. The maximum absolute atomic E-state index is 6.36. The maximum atomic E-state index is 6.36. The zero-order valence-corrected chi connectivity index (χ0v) is 11.5. The average Bonchev–Trinajstić information content (AvgIpc) is 2.41. The van der Waals surface area contributed by atoms with Gasteiger partial charge < -0.3 is 5.73 Å². The molecular formula is C16H26N2. The van der Waals surface area contributed by atoms with Gasteiger partial charge in [0.2, 0.25) is 0 Å². The fraction of sp³-hybridized carbons (Fsp3) is 0.625. The van der Waals surface area contributed by atoms with E-state index in [0.29, 0.717) is 12.1 Å². The van der Waals surface area contributed by atoms with Gasteiger partial charge in [-0.2, -0.15) is 0 Å². The average molecular weight is 246 g/mol. The lowest BCUT2D eigenvalue weighted by Crippen LogP contribution is -2.49. The summed E-state index contributed by atoms with van der Waals surface area (Å²) in [6.07, 6.45) is 6.27. The largest absolute Gasteiger partial charge is 0.326 e. The summed E-state index contributed by atoms with van der Waals surface area (Å²) in [4.78, 5) is 2.60. The highest BCUT2D eigenvalue weighted by Gasteiger charge is 2.26. The molecule has 18 heavy (non-hydrogen) atoms. The zero-order valence-electron chi connectivity index (χ0n) is 11.5. The van der Waals surface area contributed by atoms with E-state index in [9.17, 15) is 0 Å². The van der Waals surface area contributed by atoms with E-state index in [2.05, 4.69) is 42.2 Å². The summed E-state index contributed by atoms with van der Waals surface area (Å²) in [5.74, 6) is 0. The molecule has 0 amide bonds. The predicted molar refractivity (Wildman–Crippen MR) is 77.4 cm³/mol. The molecule has 2 heteroatoms. The van der Waals surface area contributed by atoms with Crippen molar-refractivity contribution >= 4 is 0 Å². The highest BCUT2D eigenvalue weighted by molar-refractivity contribution is 5.14. The Morgan fingerprint density at radius 1 is 1.28 bits per heavy atom. The summed E-state index contributed by atoms with van der Waals surface area (Å²) in [6, 6.07) is 11.7. The minimum Gasteiger partial charge on any atom is -0.326 e. The summed E-state index contributed by atoms with van der Waals surface area (Å²) < 4.78 is 0. The first-order chi connectivity index (χ1) is 8.81. The lowest BCUT2D eigenvalue weighted by molar-refractivity contribution is 0.115. The van der Waals surface area contributed by atoms with Gasteiger partial charge in [-0.1, -0.05) is 50.1 Å². The zero-order chi connectivity index (χ0) is 12.8. The molecule has 0 bridgehead atoms. The molecule has 1 aromatic carbocycles. The minimum absolute atomic E-state index is 0.346. The Labute approximate surface area is 111 Å². The van der Waals surface area contributed by atoms with Crippen LogP contribution in [0.25, 0.3) is 0 Å². The molecule has 2 unspecified atom stereocenters. The van der Waals surface area contributed by atoms with Crippen LogP contribution in [0.1, 0.15) is 44.6 Å². The first-order valence-corrected chi connectivity index (χ1v) is 7.35. The number of piperidine rings is 1. The monoisotopic (exact) mass is 246 g/mol. The van der Waals surface area contributed by atoms with Crippen LogP contribution in [0.4, 0.5) is 0 Å². The van der Waals surface area contributed by atoms with E-state index in [-0.39, 0.29) is 0 Å². The van der Waals surface area contributed by atoms with Gasteiger partial charge in [0.25, 0.3) is 0 Å². The van der Waals surface area contributed by atoms with Crippen molar-refractivity contribution in [3.63, 3.8) is 0 Å². The fourth-order valence-electron chi connectivity index (χ4n) is 3.04. The van der Waals surface area contributed by atoms with Crippen molar-refractivity contribution < 1.29 is 0 Å². The van der Waals surface area contributed by atoms with Gasteiger partial charge in [-0.05, 0) is 31.4 Å². The van der Waals surface area contributed by atoms with Crippen molar-refractivity contribution in [2.45, 2.75) is 57.7 Å². The molecule has 2 N–H and O–H groups in total. The number of hydrogen-bond donors (Lipinski definition) is 1. The molecule has 1 fully saturated rings. The smallest absolute Gasteiger partial charge is 0.0250 e. The number of rotatable bonds is 5. The minimum atomic E-state index is 0.346. The summed E-state index contributed by atoms with van der Waals surface area (Å²) in [7, 11) is 0. The molecule has 1 aliphatic rings. The highest BCUT2D eigenvalue weighted by atomic mass is 15.2. The number of benzene rings is 1. The molecule has 0 aromatic heterocycles. The predicted octanol–water partition coefficient (Wildman–Crippen LogP) is 3.17. The molecule has 0 radical (unpaired) electrons. The van der Waals surface area contributed by atoms with Crippen LogP contribution in [0, 0.1) is 0 Å². The SMILES string of the molecule is CCCC(N)C1CCCCN1Cc1ccccc1. The summed E-state index contributed by atoms with van der Waals surface area (Å²) in [5.41, 5.74) is 7.77. The molecule has 0 spiro atoms. The Morgan fingerprint density at radius 2 is 2.06 bits per heavy atom. The van der Waals surface area contributed by atoms with Crippen LogP contribution in [-0.2, 0) is 6.54 Å². The van der Waals surface area contributed by atoms with E-state index in [1.807, 2.05) is 0 Å². The Balaban J connectivity index is 1.99. The van der Waals surface area contributed by atoms with E-state index in [0.717, 1.165) is 13.0 Å². The molecule has 1 aromatic rings. The molecule has 2 nitrogen and oxygen atoms in total. The third kappa shape index (κ3) is 3.56. The van der Waals surface area contributed by atoms with E-state index in [4.69, 9.17) is 5.73 Å². The van der Waals surface area contributed by atoms with Gasteiger partial charge in [0, 0.05) is 18.6 Å². The van der Waals surface area contributed by atoms with Crippen LogP contribution in [0.15, 0.2) is 30.3 Å². The molecule has 2 atom stereocenters. The normalized spacial score (nSPS) is 22.9. The van der Waals surface area contributed by atoms with E-state index < -0.39 is 0 Å². The van der Waals surface area contributed by atoms with Crippen LogP contribution in [-0.4, -0.2) is 23.5 Å². The third-order valence-corrected chi connectivity index (χ3v) is 4.01. The first-order valence-electron chi connectivity index (χ1n) is 7.35. The molecular weight excluding hydrogens is 220 g/mol. The van der Waals surface area contributed by atoms with Crippen molar-refractivity contribution in [3.8, 4) is 0 Å². The van der Waals surface area contributed by atoms with Crippen molar-refractivity contribution in [1.82, 2.24) is 4.90 Å². The first kappa shape index (κ1) is 13.6. The quantitative estimate of drug-likeness (QED) is 0.864. The van der Waals surface area contributed by atoms with Gasteiger partial charge >= 0.3 is 0 Å². The summed E-state index contributed by atoms with van der Waals surface area (Å²) >= 11 is 0. The number of nitrogens with two attached hydrogens (primary N) is 1. The molecule has 1 aliphatic heterocycles. The van der Waals surface area contributed by atoms with Crippen LogP contribution in [0.2, 0.25) is 0 Å². The Kier molecular flexibility index (Phi) is 5.21. The van der Waals surface area contributed by atoms with Gasteiger partial charge in [0.05, 0.1) is 0 Å². The summed E-state index contributed by atoms with van der Waals surface area (Å²) in [5, 5.41) is 0. The second kappa shape index (κ2) is 6.91. The maximum Gasteiger partial charge on any atom is 0.0250 e. The summed E-state index contributed by atoms with van der Waals surface area (Å²) in [6.45, 7) is 4.49. The molecule has 0 saturated carbocycles. The van der Waals surface area contributed by atoms with Crippen molar-refractivity contribution in [2.24, 2.45) is 5.73 Å². The second-order valence-corrected chi connectivity index (χ2v) is 5.47. The van der Waals surface area contributed by atoms with Gasteiger partial charge in [-0.3, -0.25) is 4.90 Å². The lowest BCUT2D eigenvalue weighted by atomic mass is 9.93. The van der Waals surface area contributed by atoms with Crippen LogP contribution >= 0.6 is 0 Å². The number of nitrogens with zero attached hydrogens (tertiary/aromatic N) is 1.